The third-order valence-electron chi connectivity index (χ3n) is 4.38. The van der Waals surface area contributed by atoms with E-state index in [0.29, 0.717) is 6.42 Å². The molecule has 1 saturated heterocycles. The lowest BCUT2D eigenvalue weighted by molar-refractivity contribution is -0.120. The summed E-state index contributed by atoms with van der Waals surface area (Å²) in [6.07, 6.45) is 0.342. The van der Waals surface area contributed by atoms with Crippen LogP contribution in [0.25, 0.3) is 10.6 Å². The Morgan fingerprint density at radius 1 is 1.21 bits per heavy atom. The second kappa shape index (κ2) is 7.88. The number of hydrogen-bond acceptors (Lipinski definition) is 5. The summed E-state index contributed by atoms with van der Waals surface area (Å²) in [7, 11) is 3.83. The van der Waals surface area contributed by atoms with Crippen LogP contribution in [0.5, 0.6) is 0 Å². The second-order valence-electron chi connectivity index (χ2n) is 6.27. The van der Waals surface area contributed by atoms with E-state index in [1.54, 1.807) is 18.4 Å². The molecule has 2 aromatic rings. The predicted molar refractivity (Wildman–Crippen MR) is 98.1 cm³/mol. The molecule has 0 saturated carbocycles. The Balaban J connectivity index is 1.61. The maximum absolute atomic E-state index is 11.4. The lowest BCUT2D eigenvalue weighted by atomic mass is 10.1. The van der Waals surface area contributed by atoms with Crippen molar-refractivity contribution >= 4 is 17.2 Å². The summed E-state index contributed by atoms with van der Waals surface area (Å²) < 4.78 is 0. The van der Waals surface area contributed by atoms with E-state index in [1.807, 2.05) is 5.38 Å². The van der Waals surface area contributed by atoms with Gasteiger partial charge in [0, 0.05) is 50.7 Å². The van der Waals surface area contributed by atoms with Gasteiger partial charge in [0.1, 0.15) is 5.01 Å². The third-order valence-corrected chi connectivity index (χ3v) is 5.32. The van der Waals surface area contributed by atoms with Crippen LogP contribution in [-0.4, -0.2) is 61.0 Å². The van der Waals surface area contributed by atoms with Gasteiger partial charge in [0.05, 0.1) is 12.1 Å². The van der Waals surface area contributed by atoms with Crippen molar-refractivity contribution in [1.29, 1.82) is 0 Å². The highest BCUT2D eigenvalue weighted by Gasteiger charge is 2.14. The van der Waals surface area contributed by atoms with Gasteiger partial charge >= 0.3 is 0 Å². The molecule has 0 unspecified atom stereocenters. The monoisotopic (exact) mass is 344 g/mol. The third kappa shape index (κ3) is 4.41. The molecule has 1 aromatic heterocycles. The largest absolute Gasteiger partial charge is 0.359 e. The van der Waals surface area contributed by atoms with Crippen LogP contribution >= 0.6 is 11.3 Å². The number of benzene rings is 1. The van der Waals surface area contributed by atoms with Gasteiger partial charge < -0.3 is 10.2 Å². The first kappa shape index (κ1) is 17.1. The Morgan fingerprint density at radius 3 is 2.58 bits per heavy atom. The molecule has 24 heavy (non-hydrogen) atoms. The van der Waals surface area contributed by atoms with Crippen molar-refractivity contribution in [3.05, 3.63) is 40.9 Å². The molecule has 0 spiro atoms. The summed E-state index contributed by atoms with van der Waals surface area (Å²) in [5, 5.41) is 5.56. The van der Waals surface area contributed by atoms with Crippen molar-refractivity contribution in [3.63, 3.8) is 0 Å². The first-order valence-corrected chi connectivity index (χ1v) is 9.17. The van der Waals surface area contributed by atoms with Crippen molar-refractivity contribution in [1.82, 2.24) is 20.1 Å². The number of aromatic nitrogens is 1. The molecular formula is C18H24N4OS. The zero-order valence-corrected chi connectivity index (χ0v) is 15.1. The van der Waals surface area contributed by atoms with Crippen molar-refractivity contribution in [3.8, 4) is 10.6 Å². The Bertz CT molecular complexity index is 675. The molecular weight excluding hydrogens is 320 g/mol. The number of likely N-dealkylation sites (N-methyl/N-ethyl adjacent to an activating group) is 2. The molecule has 2 heterocycles. The summed E-state index contributed by atoms with van der Waals surface area (Å²) in [6, 6.07) is 8.64. The Kier molecular flexibility index (Phi) is 5.60. The fraction of sp³-hybridized carbons (Fsp3) is 0.444. The average molecular weight is 344 g/mol. The van der Waals surface area contributed by atoms with Crippen LogP contribution in [0.2, 0.25) is 0 Å². The van der Waals surface area contributed by atoms with E-state index < -0.39 is 0 Å². The normalized spacial score (nSPS) is 16.2. The van der Waals surface area contributed by atoms with Crippen molar-refractivity contribution < 1.29 is 4.79 Å². The van der Waals surface area contributed by atoms with Gasteiger partial charge in [0.2, 0.25) is 5.91 Å². The Labute approximate surface area is 147 Å². The number of rotatable bonds is 5. The Morgan fingerprint density at radius 2 is 1.92 bits per heavy atom. The molecule has 3 rings (SSSR count). The maximum Gasteiger partial charge on any atom is 0.225 e. The molecule has 1 aliphatic rings. The zero-order chi connectivity index (χ0) is 16.9. The number of piperazine rings is 1. The molecule has 0 radical (unpaired) electrons. The van der Waals surface area contributed by atoms with Crippen molar-refractivity contribution in [2.24, 2.45) is 0 Å². The van der Waals surface area contributed by atoms with Crippen LogP contribution in [0.15, 0.2) is 29.6 Å². The van der Waals surface area contributed by atoms with E-state index in [-0.39, 0.29) is 5.91 Å². The molecule has 1 amide bonds. The summed E-state index contributed by atoms with van der Waals surface area (Å²) in [4.78, 5) is 20.9. The van der Waals surface area contributed by atoms with Crippen LogP contribution in [-0.2, 0) is 17.8 Å². The van der Waals surface area contributed by atoms with E-state index in [9.17, 15) is 4.79 Å². The number of carbonyl (C=O) groups excluding carboxylic acids is 1. The average Bonchev–Trinajstić information content (AvgIpc) is 3.06. The number of carbonyl (C=O) groups is 1. The van der Waals surface area contributed by atoms with Crippen molar-refractivity contribution in [2.45, 2.75) is 13.0 Å². The number of amides is 1. The zero-order valence-electron chi connectivity index (χ0n) is 14.3. The molecule has 1 fully saturated rings. The summed E-state index contributed by atoms with van der Waals surface area (Å²) in [5.74, 6) is -0.00521. The van der Waals surface area contributed by atoms with E-state index in [2.05, 4.69) is 51.4 Å². The molecule has 0 atom stereocenters. The van der Waals surface area contributed by atoms with Crippen LogP contribution in [0.4, 0.5) is 0 Å². The molecule has 0 aliphatic carbocycles. The first-order valence-electron chi connectivity index (χ1n) is 8.29. The van der Waals surface area contributed by atoms with Crippen LogP contribution < -0.4 is 5.32 Å². The molecule has 6 heteroatoms. The van der Waals surface area contributed by atoms with Gasteiger partial charge in [-0.1, -0.05) is 24.3 Å². The van der Waals surface area contributed by atoms with Gasteiger partial charge in [-0.05, 0) is 12.6 Å². The molecule has 5 nitrogen and oxygen atoms in total. The van der Waals surface area contributed by atoms with Gasteiger partial charge in [-0.25, -0.2) is 4.98 Å². The van der Waals surface area contributed by atoms with Crippen LogP contribution in [0.1, 0.15) is 11.3 Å². The lowest BCUT2D eigenvalue weighted by Crippen LogP contribution is -2.43. The standard InChI is InChI=1S/C18H24N4OS/c1-19-17(23)11-16-13-24-18(20-16)15-5-3-14(4-6-15)12-22-9-7-21(2)8-10-22/h3-6,13H,7-12H2,1-2H3,(H,19,23). The number of thiazole rings is 1. The van der Waals surface area contributed by atoms with Crippen LogP contribution in [0.3, 0.4) is 0 Å². The van der Waals surface area contributed by atoms with Gasteiger partial charge in [-0.15, -0.1) is 11.3 Å². The summed E-state index contributed by atoms with van der Waals surface area (Å²) in [6.45, 7) is 5.56. The molecule has 1 aromatic carbocycles. The second-order valence-corrected chi connectivity index (χ2v) is 7.13. The maximum atomic E-state index is 11.4. The van der Waals surface area contributed by atoms with Gasteiger partial charge in [-0.3, -0.25) is 9.69 Å². The molecule has 128 valence electrons. The smallest absolute Gasteiger partial charge is 0.225 e. The minimum atomic E-state index is -0.00521. The number of nitrogens with one attached hydrogen (secondary N) is 1. The lowest BCUT2D eigenvalue weighted by Gasteiger charge is -2.32. The highest BCUT2D eigenvalue weighted by molar-refractivity contribution is 7.13. The van der Waals surface area contributed by atoms with E-state index in [4.69, 9.17) is 0 Å². The summed E-state index contributed by atoms with van der Waals surface area (Å²) in [5.41, 5.74) is 3.28. The predicted octanol–water partition coefficient (Wildman–Crippen LogP) is 1.85. The highest BCUT2D eigenvalue weighted by atomic mass is 32.1. The van der Waals surface area contributed by atoms with Crippen molar-refractivity contribution in [2.75, 3.05) is 40.3 Å². The van der Waals surface area contributed by atoms with Gasteiger partial charge in [-0.2, -0.15) is 0 Å². The highest BCUT2D eigenvalue weighted by Crippen LogP contribution is 2.24. The topological polar surface area (TPSA) is 48.5 Å². The fourth-order valence-corrected chi connectivity index (χ4v) is 3.62. The molecule has 1 aliphatic heterocycles. The minimum absolute atomic E-state index is 0.00521. The minimum Gasteiger partial charge on any atom is -0.359 e. The molecule has 0 bridgehead atoms. The summed E-state index contributed by atoms with van der Waals surface area (Å²) >= 11 is 1.59. The van der Waals surface area contributed by atoms with E-state index in [0.717, 1.165) is 49.0 Å². The Hall–Kier alpha value is -1.76. The van der Waals surface area contributed by atoms with Gasteiger partial charge in [0.15, 0.2) is 0 Å². The number of nitrogens with zero attached hydrogens (tertiary/aromatic N) is 3. The van der Waals surface area contributed by atoms with Gasteiger partial charge in [0.25, 0.3) is 0 Å². The fourth-order valence-electron chi connectivity index (χ4n) is 2.79. The number of hydrogen-bond donors (Lipinski definition) is 1. The quantitative estimate of drug-likeness (QED) is 0.899. The van der Waals surface area contributed by atoms with E-state index in [1.165, 1.54) is 5.56 Å². The SMILES string of the molecule is CNC(=O)Cc1csc(-c2ccc(CN3CCN(C)CC3)cc2)n1. The van der Waals surface area contributed by atoms with E-state index >= 15 is 0 Å². The van der Waals surface area contributed by atoms with Crippen LogP contribution in [0, 0.1) is 0 Å². The first-order chi connectivity index (χ1) is 11.6. The molecule has 1 N–H and O–H groups in total.